The molecule has 2 aliphatic heterocycles. The Morgan fingerprint density at radius 2 is 2.17 bits per heavy atom. The maximum Gasteiger partial charge on any atom is 0.307 e. The maximum atomic E-state index is 10.8. The highest BCUT2D eigenvalue weighted by Crippen LogP contribution is 2.60. The lowest BCUT2D eigenvalue weighted by molar-refractivity contribution is -0.139. The summed E-state index contributed by atoms with van der Waals surface area (Å²) in [4.78, 5) is 10.8. The van der Waals surface area contributed by atoms with Gasteiger partial charge in [-0.3, -0.25) is 4.79 Å². The van der Waals surface area contributed by atoms with Crippen LogP contribution in [0.1, 0.15) is 12.8 Å². The summed E-state index contributed by atoms with van der Waals surface area (Å²) in [7, 11) is 0. The van der Waals surface area contributed by atoms with Crippen molar-refractivity contribution < 1.29 is 9.90 Å². The van der Waals surface area contributed by atoms with Gasteiger partial charge in [0.2, 0.25) is 0 Å². The predicted molar refractivity (Wildman–Crippen MR) is 42.6 cm³/mol. The molecule has 5 atom stereocenters. The molecule has 0 aromatic rings. The van der Waals surface area contributed by atoms with Crippen LogP contribution in [0.25, 0.3) is 0 Å². The second-order valence-electron chi connectivity index (χ2n) is 4.37. The molecule has 12 heavy (non-hydrogen) atoms. The minimum Gasteiger partial charge on any atom is -0.481 e. The van der Waals surface area contributed by atoms with Crippen molar-refractivity contribution in [2.24, 2.45) is 23.7 Å². The summed E-state index contributed by atoms with van der Waals surface area (Å²) in [5, 5.41) is 12.4. The van der Waals surface area contributed by atoms with E-state index in [2.05, 4.69) is 5.32 Å². The Balaban J connectivity index is 1.86. The summed E-state index contributed by atoms with van der Waals surface area (Å²) in [6.07, 6.45) is 2.46. The topological polar surface area (TPSA) is 49.3 Å². The number of carboxylic acids is 1. The van der Waals surface area contributed by atoms with E-state index in [1.807, 2.05) is 0 Å². The molecular weight excluding hydrogens is 154 g/mol. The van der Waals surface area contributed by atoms with Crippen molar-refractivity contribution in [3.05, 3.63) is 0 Å². The fourth-order valence-corrected chi connectivity index (χ4v) is 3.37. The van der Waals surface area contributed by atoms with Gasteiger partial charge in [0.25, 0.3) is 0 Å². The van der Waals surface area contributed by atoms with Crippen molar-refractivity contribution in [2.45, 2.75) is 18.9 Å². The third-order valence-electron chi connectivity index (χ3n) is 3.92. The highest BCUT2D eigenvalue weighted by Gasteiger charge is 2.65. The molecule has 66 valence electrons. The van der Waals surface area contributed by atoms with Crippen LogP contribution < -0.4 is 5.32 Å². The van der Waals surface area contributed by atoms with Crippen LogP contribution in [-0.2, 0) is 4.79 Å². The molecule has 0 amide bonds. The number of nitrogens with one attached hydrogen (secondary N) is 1. The SMILES string of the molecule is O=C(O)C1C2C3CCC(NC3)C12. The molecule has 4 fully saturated rings. The smallest absolute Gasteiger partial charge is 0.307 e. The molecule has 0 radical (unpaired) electrons. The first-order valence-corrected chi connectivity index (χ1v) is 4.75. The average molecular weight is 167 g/mol. The number of hydrogen-bond donors (Lipinski definition) is 2. The fourth-order valence-electron chi connectivity index (χ4n) is 3.37. The van der Waals surface area contributed by atoms with Gasteiger partial charge in [-0.15, -0.1) is 0 Å². The normalized spacial score (nSPS) is 54.8. The largest absolute Gasteiger partial charge is 0.481 e. The molecule has 4 rings (SSSR count). The van der Waals surface area contributed by atoms with Crippen LogP contribution >= 0.6 is 0 Å². The number of carbonyl (C=O) groups is 1. The molecule has 2 saturated heterocycles. The van der Waals surface area contributed by atoms with Gasteiger partial charge in [-0.2, -0.15) is 0 Å². The Bertz CT molecular complexity index is 215. The van der Waals surface area contributed by atoms with Crippen LogP contribution in [-0.4, -0.2) is 23.7 Å². The molecule has 3 heteroatoms. The van der Waals surface area contributed by atoms with Crippen molar-refractivity contribution in [3.63, 3.8) is 0 Å². The van der Waals surface area contributed by atoms with E-state index in [1.54, 1.807) is 0 Å². The molecule has 4 aliphatic rings. The van der Waals surface area contributed by atoms with Crippen molar-refractivity contribution in [3.8, 4) is 0 Å². The van der Waals surface area contributed by atoms with E-state index in [9.17, 15) is 4.79 Å². The standard InChI is InChI=1S/C9H13NO2/c11-9(12)8-6-4-1-2-5(7(6)8)10-3-4/h4-8,10H,1-3H2,(H,11,12). The zero-order valence-electron chi connectivity index (χ0n) is 6.86. The number of carboxylic acid groups (broad SMARTS) is 1. The lowest BCUT2D eigenvalue weighted by Gasteiger charge is -2.35. The molecular formula is C9H13NO2. The van der Waals surface area contributed by atoms with E-state index >= 15 is 0 Å². The third kappa shape index (κ3) is 0.678. The van der Waals surface area contributed by atoms with Crippen molar-refractivity contribution in [1.29, 1.82) is 0 Å². The lowest BCUT2D eigenvalue weighted by atomic mass is 9.82. The van der Waals surface area contributed by atoms with Crippen LogP contribution in [0.2, 0.25) is 0 Å². The van der Waals surface area contributed by atoms with E-state index in [1.165, 1.54) is 12.8 Å². The zero-order chi connectivity index (χ0) is 8.29. The Morgan fingerprint density at radius 1 is 1.33 bits per heavy atom. The first-order valence-electron chi connectivity index (χ1n) is 4.75. The molecule has 2 saturated carbocycles. The quantitative estimate of drug-likeness (QED) is 0.591. The van der Waals surface area contributed by atoms with E-state index in [0.717, 1.165) is 6.54 Å². The fraction of sp³-hybridized carbons (Fsp3) is 0.889. The van der Waals surface area contributed by atoms with Gasteiger partial charge >= 0.3 is 5.97 Å². The molecule has 0 aromatic carbocycles. The van der Waals surface area contributed by atoms with E-state index in [0.29, 0.717) is 23.8 Å². The monoisotopic (exact) mass is 167 g/mol. The van der Waals surface area contributed by atoms with Crippen molar-refractivity contribution in [1.82, 2.24) is 5.32 Å². The van der Waals surface area contributed by atoms with E-state index in [-0.39, 0.29) is 5.92 Å². The van der Waals surface area contributed by atoms with Gasteiger partial charge in [0.15, 0.2) is 0 Å². The third-order valence-corrected chi connectivity index (χ3v) is 3.92. The van der Waals surface area contributed by atoms with Crippen LogP contribution in [0, 0.1) is 23.7 Å². The van der Waals surface area contributed by atoms with Crippen LogP contribution in [0.4, 0.5) is 0 Å². The predicted octanol–water partition coefficient (Wildman–Crippen LogP) is 0.315. The molecule has 2 heterocycles. The van der Waals surface area contributed by atoms with Crippen molar-refractivity contribution >= 4 is 5.97 Å². The number of hydrogen-bond acceptors (Lipinski definition) is 2. The molecule has 2 aliphatic carbocycles. The average Bonchev–Trinajstić information content (AvgIpc) is 2.81. The number of fused-ring (bicyclic) bond motifs is 2. The molecule has 5 unspecified atom stereocenters. The van der Waals surface area contributed by atoms with Crippen molar-refractivity contribution in [2.75, 3.05) is 6.54 Å². The highest BCUT2D eigenvalue weighted by molar-refractivity contribution is 5.75. The van der Waals surface area contributed by atoms with Gasteiger partial charge in [0, 0.05) is 6.04 Å². The van der Waals surface area contributed by atoms with Gasteiger partial charge in [0.1, 0.15) is 0 Å². The van der Waals surface area contributed by atoms with Gasteiger partial charge in [-0.05, 0) is 37.1 Å². The molecule has 3 nitrogen and oxygen atoms in total. The number of aliphatic carboxylic acids is 1. The molecule has 2 N–H and O–H groups in total. The summed E-state index contributed by atoms with van der Waals surface area (Å²) in [6.45, 7) is 1.07. The Labute approximate surface area is 71.1 Å². The van der Waals surface area contributed by atoms with Crippen LogP contribution in [0.5, 0.6) is 0 Å². The van der Waals surface area contributed by atoms with Gasteiger partial charge in [0.05, 0.1) is 5.92 Å². The Morgan fingerprint density at radius 3 is 2.58 bits per heavy atom. The van der Waals surface area contributed by atoms with E-state index < -0.39 is 5.97 Å². The highest BCUT2D eigenvalue weighted by atomic mass is 16.4. The number of rotatable bonds is 1. The van der Waals surface area contributed by atoms with E-state index in [4.69, 9.17) is 5.11 Å². The second-order valence-corrected chi connectivity index (χ2v) is 4.37. The zero-order valence-corrected chi connectivity index (χ0v) is 6.86. The summed E-state index contributed by atoms with van der Waals surface area (Å²) >= 11 is 0. The maximum absolute atomic E-state index is 10.8. The summed E-state index contributed by atoms with van der Waals surface area (Å²) in [5.74, 6) is 1.11. The summed E-state index contributed by atoms with van der Waals surface area (Å²) in [5.41, 5.74) is 0. The summed E-state index contributed by atoms with van der Waals surface area (Å²) < 4.78 is 0. The minimum absolute atomic E-state index is 0.00231. The molecule has 0 spiro atoms. The summed E-state index contributed by atoms with van der Waals surface area (Å²) in [6, 6.07) is 0.529. The van der Waals surface area contributed by atoms with Gasteiger partial charge in [-0.25, -0.2) is 0 Å². The second kappa shape index (κ2) is 2.02. The van der Waals surface area contributed by atoms with Crippen LogP contribution in [0.3, 0.4) is 0 Å². The first-order chi connectivity index (χ1) is 5.79. The lowest BCUT2D eigenvalue weighted by Crippen LogP contribution is -2.46. The number of piperidine rings is 2. The minimum atomic E-state index is -0.564. The molecule has 0 aromatic heterocycles. The Hall–Kier alpha value is -0.570. The van der Waals surface area contributed by atoms with Gasteiger partial charge in [-0.1, -0.05) is 0 Å². The Kier molecular flexibility index (Phi) is 1.16. The van der Waals surface area contributed by atoms with Gasteiger partial charge < -0.3 is 10.4 Å². The van der Waals surface area contributed by atoms with Crippen LogP contribution in [0.15, 0.2) is 0 Å². The first kappa shape index (κ1) is 6.89. The molecule has 2 bridgehead atoms.